The molecule has 0 saturated carbocycles. The van der Waals surface area contributed by atoms with Gasteiger partial charge in [-0.3, -0.25) is 14.9 Å². The molecule has 0 saturated heterocycles. The summed E-state index contributed by atoms with van der Waals surface area (Å²) in [4.78, 5) is 23.1. The van der Waals surface area contributed by atoms with Gasteiger partial charge in [0.05, 0.1) is 16.6 Å². The second-order valence-corrected chi connectivity index (χ2v) is 6.52. The first-order valence-corrected chi connectivity index (χ1v) is 8.79. The fourth-order valence-corrected chi connectivity index (χ4v) is 2.78. The smallest absolute Gasteiger partial charge is 0.283 e. The highest BCUT2D eigenvalue weighted by molar-refractivity contribution is 6.31. The number of hydrogen-bond acceptors (Lipinski definition) is 5. The van der Waals surface area contributed by atoms with Crippen molar-refractivity contribution in [2.45, 2.75) is 6.92 Å². The van der Waals surface area contributed by atoms with Gasteiger partial charge in [-0.15, -0.1) is 0 Å². The van der Waals surface area contributed by atoms with Gasteiger partial charge in [-0.2, -0.15) is 5.26 Å². The Labute approximate surface area is 171 Å². The first-order chi connectivity index (χ1) is 13.9. The number of rotatable bonds is 5. The molecule has 0 unspecified atom stereocenters. The van der Waals surface area contributed by atoms with Crippen LogP contribution < -0.4 is 10.1 Å². The molecule has 3 rings (SSSR count). The lowest BCUT2D eigenvalue weighted by Gasteiger charge is -2.11. The summed E-state index contributed by atoms with van der Waals surface area (Å²) < 4.78 is 5.74. The summed E-state index contributed by atoms with van der Waals surface area (Å²) in [7, 11) is 0. The topological polar surface area (TPSA) is 105 Å². The van der Waals surface area contributed by atoms with Crippen LogP contribution in [-0.4, -0.2) is 10.8 Å². The first-order valence-electron chi connectivity index (χ1n) is 8.41. The van der Waals surface area contributed by atoms with Crippen molar-refractivity contribution in [3.63, 3.8) is 0 Å². The number of nitriles is 1. The van der Waals surface area contributed by atoms with Crippen molar-refractivity contribution < 1.29 is 14.5 Å². The number of nitro benzene ring substituents is 1. The Kier molecular flexibility index (Phi) is 5.77. The number of nitrogens with one attached hydrogen (secondary N) is 1. The number of nitro groups is 1. The van der Waals surface area contributed by atoms with E-state index in [1.807, 2.05) is 6.07 Å². The SMILES string of the molecule is Cc1cc(Oc2ccc(C#N)cc2)ccc1NC(=O)c1ccc(Cl)cc1[N+](=O)[O-]. The van der Waals surface area contributed by atoms with Crippen LogP contribution >= 0.6 is 11.6 Å². The minimum absolute atomic E-state index is 0.0864. The summed E-state index contributed by atoms with van der Waals surface area (Å²) in [6.07, 6.45) is 0. The van der Waals surface area contributed by atoms with Crippen LogP contribution in [0.15, 0.2) is 60.7 Å². The summed E-state index contributed by atoms with van der Waals surface area (Å²) in [5.41, 5.74) is 1.28. The van der Waals surface area contributed by atoms with E-state index in [0.29, 0.717) is 28.3 Å². The van der Waals surface area contributed by atoms with Crippen molar-refractivity contribution in [1.82, 2.24) is 0 Å². The number of carbonyl (C=O) groups is 1. The molecule has 0 heterocycles. The minimum Gasteiger partial charge on any atom is -0.457 e. The zero-order chi connectivity index (χ0) is 21.0. The zero-order valence-corrected chi connectivity index (χ0v) is 15.9. The average Bonchev–Trinajstić information content (AvgIpc) is 2.70. The van der Waals surface area contributed by atoms with Gasteiger partial charge in [0.15, 0.2) is 0 Å². The summed E-state index contributed by atoms with van der Waals surface area (Å²) in [6.45, 7) is 1.78. The summed E-state index contributed by atoms with van der Waals surface area (Å²) in [5.74, 6) is 0.497. The number of ether oxygens (including phenoxy) is 1. The lowest BCUT2D eigenvalue weighted by Crippen LogP contribution is -2.14. The summed E-state index contributed by atoms with van der Waals surface area (Å²) in [6, 6.07) is 17.6. The van der Waals surface area contributed by atoms with Gasteiger partial charge in [-0.05, 0) is 67.1 Å². The third-order valence-corrected chi connectivity index (χ3v) is 4.30. The molecule has 0 spiro atoms. The van der Waals surface area contributed by atoms with Crippen LogP contribution in [0, 0.1) is 28.4 Å². The van der Waals surface area contributed by atoms with Crippen LogP contribution in [0.2, 0.25) is 5.02 Å². The van der Waals surface area contributed by atoms with E-state index in [0.717, 1.165) is 6.07 Å². The highest BCUT2D eigenvalue weighted by Crippen LogP contribution is 2.28. The van der Waals surface area contributed by atoms with Gasteiger partial charge in [-0.25, -0.2) is 0 Å². The fraction of sp³-hybridized carbons (Fsp3) is 0.0476. The Morgan fingerprint density at radius 3 is 2.41 bits per heavy atom. The van der Waals surface area contributed by atoms with Gasteiger partial charge in [0.2, 0.25) is 0 Å². The van der Waals surface area contributed by atoms with Gasteiger partial charge in [0, 0.05) is 16.8 Å². The third kappa shape index (κ3) is 4.69. The predicted octanol–water partition coefficient (Wildman–Crippen LogP) is 5.47. The maximum atomic E-state index is 12.5. The molecular weight excluding hydrogens is 394 g/mol. The normalized spacial score (nSPS) is 10.1. The molecule has 7 nitrogen and oxygen atoms in total. The predicted molar refractivity (Wildman–Crippen MR) is 108 cm³/mol. The van der Waals surface area contributed by atoms with Gasteiger partial charge >= 0.3 is 0 Å². The third-order valence-electron chi connectivity index (χ3n) is 4.07. The van der Waals surface area contributed by atoms with Crippen LogP contribution in [0.1, 0.15) is 21.5 Å². The summed E-state index contributed by atoms with van der Waals surface area (Å²) >= 11 is 5.79. The molecule has 0 bridgehead atoms. The number of nitrogens with zero attached hydrogens (tertiary/aromatic N) is 2. The molecule has 1 amide bonds. The van der Waals surface area contributed by atoms with Gasteiger partial charge < -0.3 is 10.1 Å². The highest BCUT2D eigenvalue weighted by Gasteiger charge is 2.21. The molecule has 3 aromatic rings. The van der Waals surface area contributed by atoms with Crippen molar-refractivity contribution in [2.75, 3.05) is 5.32 Å². The van der Waals surface area contributed by atoms with Crippen molar-refractivity contribution in [3.05, 3.63) is 92.5 Å². The molecule has 3 aromatic carbocycles. The molecule has 0 atom stereocenters. The number of benzene rings is 3. The van der Waals surface area contributed by atoms with E-state index < -0.39 is 10.8 Å². The molecule has 0 fully saturated rings. The van der Waals surface area contributed by atoms with Gasteiger partial charge in [0.25, 0.3) is 11.6 Å². The van der Waals surface area contributed by atoms with E-state index in [1.54, 1.807) is 49.4 Å². The maximum absolute atomic E-state index is 12.5. The second kappa shape index (κ2) is 8.42. The molecule has 0 aromatic heterocycles. The lowest BCUT2D eigenvalue weighted by atomic mass is 10.1. The van der Waals surface area contributed by atoms with Gasteiger partial charge in [-0.1, -0.05) is 11.6 Å². The first kappa shape index (κ1) is 19.9. The van der Waals surface area contributed by atoms with Crippen LogP contribution in [0.3, 0.4) is 0 Å². The average molecular weight is 408 g/mol. The van der Waals surface area contributed by atoms with E-state index in [1.165, 1.54) is 12.1 Å². The van der Waals surface area contributed by atoms with E-state index >= 15 is 0 Å². The van der Waals surface area contributed by atoms with Crippen LogP contribution in [0.5, 0.6) is 11.5 Å². The molecule has 29 heavy (non-hydrogen) atoms. The van der Waals surface area contributed by atoms with Crippen LogP contribution in [-0.2, 0) is 0 Å². The van der Waals surface area contributed by atoms with Crippen molar-refractivity contribution >= 4 is 28.9 Å². The van der Waals surface area contributed by atoms with Gasteiger partial charge in [0.1, 0.15) is 17.1 Å². The number of aryl methyl sites for hydroxylation is 1. The Morgan fingerprint density at radius 2 is 1.79 bits per heavy atom. The number of anilines is 1. The minimum atomic E-state index is -0.651. The molecule has 8 heteroatoms. The van der Waals surface area contributed by atoms with Crippen LogP contribution in [0.4, 0.5) is 11.4 Å². The Morgan fingerprint density at radius 1 is 1.10 bits per heavy atom. The van der Waals surface area contributed by atoms with E-state index in [-0.39, 0.29) is 16.3 Å². The van der Waals surface area contributed by atoms with Crippen molar-refractivity contribution in [1.29, 1.82) is 5.26 Å². The Bertz CT molecular complexity index is 1140. The summed E-state index contributed by atoms with van der Waals surface area (Å²) in [5, 5.41) is 22.9. The van der Waals surface area contributed by atoms with E-state index in [4.69, 9.17) is 21.6 Å². The quantitative estimate of drug-likeness (QED) is 0.445. The monoisotopic (exact) mass is 407 g/mol. The zero-order valence-electron chi connectivity index (χ0n) is 15.2. The van der Waals surface area contributed by atoms with E-state index in [2.05, 4.69) is 5.32 Å². The molecule has 144 valence electrons. The van der Waals surface area contributed by atoms with Crippen molar-refractivity contribution in [3.8, 4) is 17.6 Å². The second-order valence-electron chi connectivity index (χ2n) is 6.09. The number of hydrogen-bond donors (Lipinski definition) is 1. The molecule has 0 radical (unpaired) electrons. The Hall–Kier alpha value is -3.89. The molecule has 0 aliphatic heterocycles. The number of amides is 1. The molecular formula is C21H14ClN3O4. The number of halogens is 1. The highest BCUT2D eigenvalue weighted by atomic mass is 35.5. The molecule has 0 aliphatic carbocycles. The Balaban J connectivity index is 1.78. The largest absolute Gasteiger partial charge is 0.457 e. The van der Waals surface area contributed by atoms with E-state index in [9.17, 15) is 14.9 Å². The fourth-order valence-electron chi connectivity index (χ4n) is 2.61. The lowest BCUT2D eigenvalue weighted by molar-refractivity contribution is -0.385. The maximum Gasteiger partial charge on any atom is 0.283 e. The van der Waals surface area contributed by atoms with Crippen LogP contribution in [0.25, 0.3) is 0 Å². The molecule has 0 aliphatic rings. The number of carbonyl (C=O) groups excluding carboxylic acids is 1. The standard InChI is InChI=1S/C21H14ClN3O4/c1-13-10-17(29-16-5-2-14(12-23)3-6-16)7-9-19(13)24-21(26)18-8-4-15(22)11-20(18)25(27)28/h2-11H,1H3,(H,24,26). The van der Waals surface area contributed by atoms with Crippen molar-refractivity contribution in [2.24, 2.45) is 0 Å². The molecule has 1 N–H and O–H groups in total.